The number of aryl methyl sites for hydroxylation is 1. The first-order valence-electron chi connectivity index (χ1n) is 12.8. The normalized spacial score (nSPS) is 19.7. The van der Waals surface area contributed by atoms with Crippen LogP contribution >= 0.6 is 11.3 Å². The number of carbonyl (C=O) groups excluding carboxylic acids is 2. The van der Waals surface area contributed by atoms with Crippen molar-refractivity contribution in [1.29, 1.82) is 0 Å². The average Bonchev–Trinajstić information content (AvgIpc) is 3.33. The number of aliphatic hydroxyl groups is 1. The molecule has 1 aliphatic heterocycles. The SMILES string of the molecule is Cc1cc(COc2ccc(C(=O)N[C@@H]3CN(C(=O)C4(O)CC4)C[C@@H]3c3n[nH]c(=O)s3)cc2)c2ccccc2n1. The first-order valence-corrected chi connectivity index (χ1v) is 13.6. The molecule has 3 heterocycles. The highest BCUT2D eigenvalue weighted by atomic mass is 32.1. The summed E-state index contributed by atoms with van der Waals surface area (Å²) >= 11 is 0.961. The van der Waals surface area contributed by atoms with Crippen molar-refractivity contribution < 1.29 is 19.4 Å². The van der Waals surface area contributed by atoms with Gasteiger partial charge in [0.2, 0.25) is 0 Å². The molecule has 0 spiro atoms. The second-order valence-corrected chi connectivity index (χ2v) is 11.1. The Morgan fingerprint density at radius 3 is 2.67 bits per heavy atom. The molecule has 0 bridgehead atoms. The smallest absolute Gasteiger partial charge is 0.322 e. The number of hydrogen-bond acceptors (Lipinski definition) is 8. The quantitative estimate of drug-likeness (QED) is 0.325. The lowest BCUT2D eigenvalue weighted by Crippen LogP contribution is -2.43. The third kappa shape index (κ3) is 5.15. The Morgan fingerprint density at radius 1 is 1.18 bits per heavy atom. The number of H-pyrrole nitrogens is 1. The van der Waals surface area contributed by atoms with E-state index in [1.165, 1.54) is 0 Å². The zero-order chi connectivity index (χ0) is 27.1. The summed E-state index contributed by atoms with van der Waals surface area (Å²) in [4.78, 5) is 43.4. The number of ether oxygens (including phenoxy) is 1. The lowest BCUT2D eigenvalue weighted by Gasteiger charge is -2.20. The van der Waals surface area contributed by atoms with E-state index < -0.39 is 11.6 Å². The van der Waals surface area contributed by atoms with Crippen LogP contribution in [0.3, 0.4) is 0 Å². The Labute approximate surface area is 227 Å². The molecule has 1 aliphatic carbocycles. The number of aromatic amines is 1. The fraction of sp³-hybridized carbons (Fsp3) is 0.321. The highest BCUT2D eigenvalue weighted by Crippen LogP contribution is 2.39. The number of hydrogen-bond donors (Lipinski definition) is 3. The van der Waals surface area contributed by atoms with Gasteiger partial charge >= 0.3 is 4.87 Å². The molecule has 2 aliphatic rings. The van der Waals surface area contributed by atoms with Gasteiger partial charge in [0.15, 0.2) is 0 Å². The number of nitrogens with zero attached hydrogens (tertiary/aromatic N) is 3. The third-order valence-corrected chi connectivity index (χ3v) is 8.14. The van der Waals surface area contributed by atoms with Gasteiger partial charge in [0, 0.05) is 35.3 Å². The molecule has 2 atom stereocenters. The predicted octanol–water partition coefficient (Wildman–Crippen LogP) is 2.52. The van der Waals surface area contributed by atoms with Crippen molar-refractivity contribution in [2.75, 3.05) is 13.1 Å². The molecule has 0 unspecified atom stereocenters. The summed E-state index contributed by atoms with van der Waals surface area (Å²) in [5.41, 5.74) is 1.99. The van der Waals surface area contributed by atoms with E-state index in [0.29, 0.717) is 35.8 Å². The van der Waals surface area contributed by atoms with Crippen molar-refractivity contribution in [2.24, 2.45) is 0 Å². The van der Waals surface area contributed by atoms with E-state index in [1.807, 2.05) is 37.3 Å². The van der Waals surface area contributed by atoms with Crippen LogP contribution in [0.25, 0.3) is 10.9 Å². The summed E-state index contributed by atoms with van der Waals surface area (Å²) in [7, 11) is 0. The van der Waals surface area contributed by atoms with Crippen molar-refractivity contribution in [3.63, 3.8) is 0 Å². The second-order valence-electron chi connectivity index (χ2n) is 10.1. The highest BCUT2D eigenvalue weighted by molar-refractivity contribution is 7.08. The van der Waals surface area contributed by atoms with Gasteiger partial charge in [0.1, 0.15) is 23.0 Å². The molecule has 3 N–H and O–H groups in total. The lowest BCUT2D eigenvalue weighted by atomic mass is 10.0. The van der Waals surface area contributed by atoms with E-state index in [2.05, 4.69) is 20.5 Å². The van der Waals surface area contributed by atoms with Crippen LogP contribution in [0.1, 0.15) is 45.4 Å². The van der Waals surface area contributed by atoms with Gasteiger partial charge in [-0.1, -0.05) is 29.5 Å². The molecular formula is C28H27N5O5S. The number of fused-ring (bicyclic) bond motifs is 1. The van der Waals surface area contributed by atoms with Crippen LogP contribution in [0.2, 0.25) is 0 Å². The first-order chi connectivity index (χ1) is 18.8. The van der Waals surface area contributed by atoms with Gasteiger partial charge in [-0.3, -0.25) is 19.4 Å². The summed E-state index contributed by atoms with van der Waals surface area (Å²) in [5, 5.41) is 21.4. The molecule has 0 radical (unpaired) electrons. The summed E-state index contributed by atoms with van der Waals surface area (Å²) in [6.07, 6.45) is 0.871. The number of rotatable bonds is 7. The molecule has 2 amide bonds. The predicted molar refractivity (Wildman–Crippen MR) is 145 cm³/mol. The van der Waals surface area contributed by atoms with Gasteiger partial charge in [-0.15, -0.1) is 0 Å². The Bertz CT molecular complexity index is 1610. The van der Waals surface area contributed by atoms with Crippen molar-refractivity contribution in [3.8, 4) is 5.75 Å². The number of pyridine rings is 1. The van der Waals surface area contributed by atoms with Crippen LogP contribution in [0.15, 0.2) is 59.4 Å². The molecule has 6 rings (SSSR count). The first kappa shape index (κ1) is 25.2. The Hall–Kier alpha value is -4.09. The Morgan fingerprint density at radius 2 is 1.95 bits per heavy atom. The topological polar surface area (TPSA) is 138 Å². The number of para-hydroxylation sites is 1. The molecule has 2 aromatic carbocycles. The molecule has 200 valence electrons. The number of aromatic nitrogens is 3. The average molecular weight is 546 g/mol. The Balaban J connectivity index is 1.13. The molecule has 1 saturated carbocycles. The highest BCUT2D eigenvalue weighted by Gasteiger charge is 2.52. The van der Waals surface area contributed by atoms with Crippen molar-refractivity contribution in [1.82, 2.24) is 25.4 Å². The third-order valence-electron chi connectivity index (χ3n) is 7.26. The zero-order valence-corrected chi connectivity index (χ0v) is 22.0. The van der Waals surface area contributed by atoms with Crippen LogP contribution in [0, 0.1) is 6.92 Å². The van der Waals surface area contributed by atoms with Gasteiger partial charge in [-0.05, 0) is 56.2 Å². The molecule has 1 saturated heterocycles. The maximum atomic E-state index is 13.1. The second kappa shape index (κ2) is 9.90. The van der Waals surface area contributed by atoms with Crippen LogP contribution in [-0.4, -0.2) is 61.7 Å². The molecular weight excluding hydrogens is 518 g/mol. The molecule has 39 heavy (non-hydrogen) atoms. The Kier molecular flexibility index (Phi) is 6.40. The largest absolute Gasteiger partial charge is 0.489 e. The van der Waals surface area contributed by atoms with E-state index in [-0.39, 0.29) is 35.7 Å². The number of benzene rings is 2. The molecule has 11 heteroatoms. The van der Waals surface area contributed by atoms with E-state index in [4.69, 9.17) is 4.74 Å². The number of nitrogens with one attached hydrogen (secondary N) is 2. The molecule has 2 fully saturated rings. The number of likely N-dealkylation sites (tertiary alicyclic amines) is 1. The van der Waals surface area contributed by atoms with Gasteiger partial charge in [-0.2, -0.15) is 5.10 Å². The minimum Gasteiger partial charge on any atom is -0.489 e. The zero-order valence-electron chi connectivity index (χ0n) is 21.2. The fourth-order valence-electron chi connectivity index (χ4n) is 5.02. The summed E-state index contributed by atoms with van der Waals surface area (Å²) in [6, 6.07) is 16.3. The lowest BCUT2D eigenvalue weighted by molar-refractivity contribution is -0.141. The minimum atomic E-state index is -1.31. The van der Waals surface area contributed by atoms with Gasteiger partial charge in [0.25, 0.3) is 11.8 Å². The van der Waals surface area contributed by atoms with Crippen LogP contribution in [-0.2, 0) is 11.4 Å². The van der Waals surface area contributed by atoms with Gasteiger partial charge in [0.05, 0.1) is 17.5 Å². The van der Waals surface area contributed by atoms with Crippen molar-refractivity contribution in [3.05, 3.63) is 86.1 Å². The summed E-state index contributed by atoms with van der Waals surface area (Å²) in [6.45, 7) is 2.81. The summed E-state index contributed by atoms with van der Waals surface area (Å²) in [5.74, 6) is -0.384. The van der Waals surface area contributed by atoms with E-state index >= 15 is 0 Å². The summed E-state index contributed by atoms with van der Waals surface area (Å²) < 4.78 is 6.01. The minimum absolute atomic E-state index is 0.228. The monoisotopic (exact) mass is 545 g/mol. The van der Waals surface area contributed by atoms with E-state index in [1.54, 1.807) is 29.2 Å². The van der Waals surface area contributed by atoms with Crippen LogP contribution in [0.5, 0.6) is 5.75 Å². The standard InChI is InChI=1S/C28H27N5O5S/c1-16-12-18(20-4-2-3-5-22(20)29-16)15-38-19-8-6-17(7-9-19)24(34)30-23-14-33(26(35)28(37)10-11-28)13-21(23)25-31-32-27(36)39-25/h2-9,12,21,23,37H,10-11,13-15H2,1H3,(H,30,34)(H,32,36)/t21-,23+/m0/s1. The maximum Gasteiger partial charge on any atom is 0.322 e. The van der Waals surface area contributed by atoms with Crippen LogP contribution < -0.4 is 14.9 Å². The van der Waals surface area contributed by atoms with Gasteiger partial charge < -0.3 is 20.1 Å². The van der Waals surface area contributed by atoms with Crippen molar-refractivity contribution in [2.45, 2.75) is 43.9 Å². The van der Waals surface area contributed by atoms with Crippen molar-refractivity contribution >= 4 is 34.1 Å². The van der Waals surface area contributed by atoms with Gasteiger partial charge in [-0.25, -0.2) is 5.10 Å². The molecule has 2 aromatic heterocycles. The molecule has 10 nitrogen and oxygen atoms in total. The fourth-order valence-corrected chi connectivity index (χ4v) is 5.78. The van der Waals surface area contributed by atoms with E-state index in [9.17, 15) is 19.5 Å². The van der Waals surface area contributed by atoms with Crippen LogP contribution in [0.4, 0.5) is 0 Å². The molecule has 4 aromatic rings. The number of amides is 2. The van der Waals surface area contributed by atoms with E-state index in [0.717, 1.165) is 33.5 Å². The number of carbonyl (C=O) groups is 2. The maximum absolute atomic E-state index is 13.1.